The standard InChI is InChI=1S/C18H20N4O2.C2H6/c1-11-3-4-13(16-17(11)23-10-18(16)5-6-18)24-15-9-20-14(8-21-15)22-12(2)7-19;1-2/h3-4,8-9H,2,5-7,10,19H2,1H3,(H,20,22);1-2H3. The van der Waals surface area contributed by atoms with Crippen molar-refractivity contribution in [1.82, 2.24) is 9.97 Å². The number of aromatic nitrogens is 2. The molecule has 1 aromatic carbocycles. The summed E-state index contributed by atoms with van der Waals surface area (Å²) in [4.78, 5) is 8.59. The Labute approximate surface area is 154 Å². The first-order chi connectivity index (χ1) is 12.6. The zero-order valence-electron chi connectivity index (χ0n) is 15.6. The molecule has 0 atom stereocenters. The van der Waals surface area contributed by atoms with Crippen LogP contribution in [0, 0.1) is 6.92 Å². The highest BCUT2D eigenvalue weighted by Crippen LogP contribution is 2.59. The molecule has 6 nitrogen and oxygen atoms in total. The molecule has 1 spiro atoms. The zero-order valence-corrected chi connectivity index (χ0v) is 15.6. The summed E-state index contributed by atoms with van der Waals surface area (Å²) in [5.74, 6) is 2.82. The summed E-state index contributed by atoms with van der Waals surface area (Å²) < 4.78 is 11.9. The second-order valence-electron chi connectivity index (χ2n) is 6.43. The van der Waals surface area contributed by atoms with Crippen LogP contribution in [-0.4, -0.2) is 23.1 Å². The van der Waals surface area contributed by atoms with E-state index < -0.39 is 0 Å². The van der Waals surface area contributed by atoms with E-state index in [2.05, 4.69) is 28.8 Å². The minimum atomic E-state index is 0.143. The second kappa shape index (κ2) is 7.33. The fourth-order valence-corrected chi connectivity index (χ4v) is 3.05. The van der Waals surface area contributed by atoms with E-state index in [-0.39, 0.29) is 5.41 Å². The average Bonchev–Trinajstić information content (AvgIpc) is 3.34. The van der Waals surface area contributed by atoms with Crippen LogP contribution >= 0.6 is 0 Å². The van der Waals surface area contributed by atoms with E-state index in [0.717, 1.165) is 36.5 Å². The van der Waals surface area contributed by atoms with Crippen LogP contribution in [0.1, 0.15) is 37.8 Å². The molecule has 2 aliphatic rings. The predicted octanol–water partition coefficient (Wildman–Crippen LogP) is 3.91. The molecule has 0 amide bonds. The van der Waals surface area contributed by atoms with Gasteiger partial charge in [0.2, 0.25) is 5.88 Å². The van der Waals surface area contributed by atoms with Crippen LogP contribution in [0.15, 0.2) is 36.8 Å². The van der Waals surface area contributed by atoms with Gasteiger partial charge in [-0.05, 0) is 31.4 Å². The van der Waals surface area contributed by atoms with E-state index in [1.54, 1.807) is 12.4 Å². The van der Waals surface area contributed by atoms with E-state index in [4.69, 9.17) is 15.2 Å². The Morgan fingerprint density at radius 3 is 2.69 bits per heavy atom. The van der Waals surface area contributed by atoms with Crippen LogP contribution in [0.3, 0.4) is 0 Å². The summed E-state index contributed by atoms with van der Waals surface area (Å²) in [5, 5.41) is 2.99. The maximum Gasteiger partial charge on any atom is 0.237 e. The molecule has 0 unspecified atom stereocenters. The Bertz CT molecular complexity index is 798. The number of fused-ring (bicyclic) bond motifs is 2. The van der Waals surface area contributed by atoms with Crippen LogP contribution in [0.25, 0.3) is 0 Å². The fraction of sp³-hybridized carbons (Fsp3) is 0.400. The molecule has 26 heavy (non-hydrogen) atoms. The van der Waals surface area contributed by atoms with Gasteiger partial charge < -0.3 is 20.5 Å². The number of nitrogens with zero attached hydrogens (tertiary/aromatic N) is 2. The summed E-state index contributed by atoms with van der Waals surface area (Å²) in [6, 6.07) is 4.01. The number of nitrogens with one attached hydrogen (secondary N) is 1. The van der Waals surface area contributed by atoms with Gasteiger partial charge in [-0.2, -0.15) is 0 Å². The van der Waals surface area contributed by atoms with E-state index in [9.17, 15) is 0 Å². The molecule has 1 aliphatic heterocycles. The summed E-state index contributed by atoms with van der Waals surface area (Å²) in [6.07, 6.45) is 5.49. The van der Waals surface area contributed by atoms with Crippen LogP contribution in [-0.2, 0) is 5.41 Å². The Kier molecular flexibility index (Phi) is 5.13. The van der Waals surface area contributed by atoms with E-state index in [1.165, 1.54) is 5.56 Å². The Balaban J connectivity index is 0.000000948. The molecule has 2 aromatic rings. The molecule has 0 saturated heterocycles. The molecule has 4 rings (SSSR count). The lowest BCUT2D eigenvalue weighted by atomic mass is 9.95. The molecular formula is C20H26N4O2. The minimum Gasteiger partial charge on any atom is -0.492 e. The largest absolute Gasteiger partial charge is 0.492 e. The Hall–Kier alpha value is -2.60. The number of hydrogen-bond acceptors (Lipinski definition) is 6. The molecule has 1 saturated carbocycles. The molecule has 1 aliphatic carbocycles. The minimum absolute atomic E-state index is 0.143. The van der Waals surface area contributed by atoms with Crippen LogP contribution in [0.2, 0.25) is 0 Å². The molecule has 0 bridgehead atoms. The van der Waals surface area contributed by atoms with Gasteiger partial charge in [-0.3, -0.25) is 0 Å². The van der Waals surface area contributed by atoms with Crippen LogP contribution in [0.5, 0.6) is 17.4 Å². The lowest BCUT2D eigenvalue weighted by Crippen LogP contribution is -2.11. The highest BCUT2D eigenvalue weighted by molar-refractivity contribution is 5.59. The highest BCUT2D eigenvalue weighted by Gasteiger charge is 2.53. The summed E-state index contributed by atoms with van der Waals surface area (Å²) in [5.41, 5.74) is 8.66. The highest BCUT2D eigenvalue weighted by atomic mass is 16.5. The number of ether oxygens (including phenoxy) is 2. The lowest BCUT2D eigenvalue weighted by molar-refractivity contribution is 0.322. The van der Waals surface area contributed by atoms with Gasteiger partial charge in [0.15, 0.2) is 0 Å². The van der Waals surface area contributed by atoms with Crippen molar-refractivity contribution in [1.29, 1.82) is 0 Å². The zero-order chi connectivity index (χ0) is 18.7. The monoisotopic (exact) mass is 354 g/mol. The molecule has 2 heterocycles. The van der Waals surface area contributed by atoms with Gasteiger partial charge in [-0.25, -0.2) is 9.97 Å². The Morgan fingerprint density at radius 2 is 2.08 bits per heavy atom. The van der Waals surface area contributed by atoms with Crippen LogP contribution < -0.4 is 20.5 Å². The van der Waals surface area contributed by atoms with Gasteiger partial charge in [-0.1, -0.05) is 26.5 Å². The first-order valence-corrected chi connectivity index (χ1v) is 9.03. The smallest absolute Gasteiger partial charge is 0.237 e. The second-order valence-corrected chi connectivity index (χ2v) is 6.43. The van der Waals surface area contributed by atoms with Crippen molar-refractivity contribution in [3.63, 3.8) is 0 Å². The molecule has 1 aromatic heterocycles. The maximum atomic E-state index is 6.01. The van der Waals surface area contributed by atoms with Crippen molar-refractivity contribution in [2.45, 2.75) is 39.0 Å². The molecular weight excluding hydrogens is 328 g/mol. The van der Waals surface area contributed by atoms with Gasteiger partial charge in [0.25, 0.3) is 0 Å². The van der Waals surface area contributed by atoms with Crippen molar-refractivity contribution in [2.24, 2.45) is 5.73 Å². The van der Waals surface area contributed by atoms with E-state index in [0.29, 0.717) is 23.9 Å². The van der Waals surface area contributed by atoms with E-state index in [1.807, 2.05) is 26.0 Å². The summed E-state index contributed by atoms with van der Waals surface area (Å²) in [7, 11) is 0. The number of nitrogens with two attached hydrogens (primary N) is 1. The number of rotatable bonds is 5. The van der Waals surface area contributed by atoms with Crippen molar-refractivity contribution >= 4 is 5.82 Å². The lowest BCUT2D eigenvalue weighted by Gasteiger charge is -2.13. The number of anilines is 1. The van der Waals surface area contributed by atoms with Crippen LogP contribution in [0.4, 0.5) is 5.82 Å². The normalized spacial score (nSPS) is 15.4. The van der Waals surface area contributed by atoms with Crippen molar-refractivity contribution in [3.8, 4) is 17.4 Å². The summed E-state index contributed by atoms with van der Waals surface area (Å²) >= 11 is 0. The van der Waals surface area contributed by atoms with Gasteiger partial charge in [-0.15, -0.1) is 0 Å². The van der Waals surface area contributed by atoms with Gasteiger partial charge in [0.05, 0.1) is 19.0 Å². The fourth-order valence-electron chi connectivity index (χ4n) is 3.05. The number of benzene rings is 1. The SMILES string of the molecule is C=C(CN)Nc1cnc(Oc2ccc(C)c3c2C2(CC2)CO3)cn1.CC. The molecule has 6 heteroatoms. The molecule has 3 N–H and O–H groups in total. The predicted molar refractivity (Wildman–Crippen MR) is 103 cm³/mol. The number of hydrogen-bond donors (Lipinski definition) is 2. The van der Waals surface area contributed by atoms with Crippen molar-refractivity contribution < 1.29 is 9.47 Å². The van der Waals surface area contributed by atoms with Gasteiger partial charge >= 0.3 is 0 Å². The van der Waals surface area contributed by atoms with E-state index >= 15 is 0 Å². The third kappa shape index (κ3) is 3.37. The maximum absolute atomic E-state index is 6.01. The molecule has 0 radical (unpaired) electrons. The third-order valence-electron chi connectivity index (χ3n) is 4.59. The first-order valence-electron chi connectivity index (χ1n) is 9.03. The third-order valence-corrected chi connectivity index (χ3v) is 4.59. The Morgan fingerprint density at radius 1 is 1.31 bits per heavy atom. The van der Waals surface area contributed by atoms with Gasteiger partial charge in [0, 0.05) is 23.2 Å². The average molecular weight is 354 g/mol. The summed E-state index contributed by atoms with van der Waals surface area (Å²) in [6.45, 7) is 10.9. The van der Waals surface area contributed by atoms with Crippen molar-refractivity contribution in [2.75, 3.05) is 18.5 Å². The van der Waals surface area contributed by atoms with Gasteiger partial charge in [0.1, 0.15) is 17.3 Å². The topological polar surface area (TPSA) is 82.3 Å². The van der Waals surface area contributed by atoms with Crippen molar-refractivity contribution in [3.05, 3.63) is 47.9 Å². The molecule has 138 valence electrons. The number of aryl methyl sites for hydroxylation is 1. The quantitative estimate of drug-likeness (QED) is 0.847. The first kappa shape index (κ1) is 18.2. The molecule has 1 fully saturated rings.